The zero-order valence-corrected chi connectivity index (χ0v) is 8.95. The Kier molecular flexibility index (Phi) is 2.78. The molecule has 0 amide bonds. The van der Waals surface area contributed by atoms with E-state index in [4.69, 9.17) is 0 Å². The van der Waals surface area contributed by atoms with Crippen LogP contribution in [0.3, 0.4) is 0 Å². The summed E-state index contributed by atoms with van der Waals surface area (Å²) in [5.41, 5.74) is 1.12. The van der Waals surface area contributed by atoms with Crippen molar-refractivity contribution in [3.05, 3.63) is 41.0 Å². The van der Waals surface area contributed by atoms with Crippen LogP contribution in [-0.4, -0.2) is 15.0 Å². The molecule has 72 valence electrons. The van der Waals surface area contributed by atoms with E-state index >= 15 is 0 Å². The molecule has 0 aliphatic rings. The Hall–Kier alpha value is -1.36. The first-order valence-electron chi connectivity index (χ1n) is 4.18. The van der Waals surface area contributed by atoms with Crippen LogP contribution in [0.4, 0.5) is 5.82 Å². The van der Waals surface area contributed by atoms with Gasteiger partial charge in [-0.2, -0.15) is 0 Å². The molecule has 0 aromatic carbocycles. The highest BCUT2D eigenvalue weighted by Crippen LogP contribution is 2.17. The van der Waals surface area contributed by atoms with Gasteiger partial charge in [-0.3, -0.25) is 0 Å². The summed E-state index contributed by atoms with van der Waals surface area (Å²) in [5.74, 6) is 0.801. The Morgan fingerprint density at radius 2 is 2.43 bits per heavy atom. The Morgan fingerprint density at radius 3 is 3.14 bits per heavy atom. The monoisotopic (exact) mass is 252 g/mol. The van der Waals surface area contributed by atoms with Crippen molar-refractivity contribution in [2.45, 2.75) is 6.54 Å². The zero-order valence-electron chi connectivity index (χ0n) is 7.37. The van der Waals surface area contributed by atoms with Gasteiger partial charge in [-0.15, -0.1) is 0 Å². The van der Waals surface area contributed by atoms with Gasteiger partial charge < -0.3 is 10.3 Å². The molecule has 0 bridgehead atoms. The van der Waals surface area contributed by atoms with E-state index in [1.54, 1.807) is 6.20 Å². The van der Waals surface area contributed by atoms with Crippen LogP contribution in [-0.2, 0) is 6.54 Å². The van der Waals surface area contributed by atoms with Crippen LogP contribution in [0.5, 0.6) is 0 Å². The van der Waals surface area contributed by atoms with Crippen LogP contribution in [0.25, 0.3) is 0 Å². The smallest absolute Gasteiger partial charge is 0.144 e. The molecule has 2 aromatic heterocycles. The normalized spacial score (nSPS) is 10.1. The van der Waals surface area contributed by atoms with E-state index < -0.39 is 0 Å². The minimum atomic E-state index is 0.725. The maximum Gasteiger partial charge on any atom is 0.144 e. The summed E-state index contributed by atoms with van der Waals surface area (Å²) in [6, 6.07) is 3.98. The van der Waals surface area contributed by atoms with Gasteiger partial charge in [0.2, 0.25) is 0 Å². The van der Waals surface area contributed by atoms with Crippen LogP contribution in [0.2, 0.25) is 0 Å². The fraction of sp³-hybridized carbons (Fsp3) is 0.111. The lowest BCUT2D eigenvalue weighted by atomic mass is 10.4. The van der Waals surface area contributed by atoms with E-state index in [2.05, 4.69) is 36.2 Å². The molecule has 5 heteroatoms. The average Bonchev–Trinajstić information content (AvgIpc) is 2.69. The second-order valence-corrected chi connectivity index (χ2v) is 3.62. The van der Waals surface area contributed by atoms with Crippen molar-refractivity contribution >= 4 is 21.7 Å². The molecule has 0 radical (unpaired) electrons. The molecular formula is C9H9BrN4. The highest BCUT2D eigenvalue weighted by atomic mass is 79.9. The summed E-state index contributed by atoms with van der Waals surface area (Å²) in [6.07, 6.45) is 5.12. The fourth-order valence-electron chi connectivity index (χ4n) is 1.10. The van der Waals surface area contributed by atoms with Crippen molar-refractivity contribution < 1.29 is 0 Å². The maximum atomic E-state index is 4.09. The predicted molar refractivity (Wildman–Crippen MR) is 57.9 cm³/mol. The molecule has 0 atom stereocenters. The molecule has 0 saturated carbocycles. The molecule has 0 aliphatic carbocycles. The summed E-state index contributed by atoms with van der Waals surface area (Å²) in [6.45, 7) is 0.725. The van der Waals surface area contributed by atoms with Crippen LogP contribution in [0.1, 0.15) is 5.69 Å². The summed E-state index contributed by atoms with van der Waals surface area (Å²) < 4.78 is 0.867. The van der Waals surface area contributed by atoms with Crippen LogP contribution >= 0.6 is 15.9 Å². The molecule has 0 fully saturated rings. The third-order valence-corrected chi connectivity index (χ3v) is 2.36. The molecule has 0 saturated heterocycles. The number of aromatic amines is 1. The van der Waals surface area contributed by atoms with E-state index in [1.807, 2.05) is 18.3 Å². The van der Waals surface area contributed by atoms with Crippen molar-refractivity contribution in [3.63, 3.8) is 0 Å². The number of aromatic nitrogens is 3. The second-order valence-electron chi connectivity index (χ2n) is 2.77. The molecule has 14 heavy (non-hydrogen) atoms. The van der Waals surface area contributed by atoms with E-state index in [9.17, 15) is 0 Å². The molecule has 0 aliphatic heterocycles. The second kappa shape index (κ2) is 4.23. The third kappa shape index (κ3) is 2.11. The third-order valence-electron chi connectivity index (χ3n) is 1.78. The summed E-state index contributed by atoms with van der Waals surface area (Å²) in [4.78, 5) is 11.1. The van der Waals surface area contributed by atoms with Crippen molar-refractivity contribution in [1.29, 1.82) is 0 Å². The molecule has 2 aromatic rings. The predicted octanol–water partition coefficient (Wildman–Crippen LogP) is 2.18. The van der Waals surface area contributed by atoms with Gasteiger partial charge in [0.05, 0.1) is 11.0 Å². The number of anilines is 1. The zero-order chi connectivity index (χ0) is 9.80. The molecule has 0 spiro atoms. The van der Waals surface area contributed by atoms with E-state index in [-0.39, 0.29) is 0 Å². The standard InChI is InChI=1S/C9H9BrN4/c10-8-5-11-6-14-9(8)13-4-7-2-1-3-12-7/h1-3,5-6,12H,4H2,(H,11,13,14). The molecule has 0 unspecified atom stereocenters. The molecule has 4 nitrogen and oxygen atoms in total. The van der Waals surface area contributed by atoms with Gasteiger partial charge in [-0.25, -0.2) is 9.97 Å². The number of nitrogens with zero attached hydrogens (tertiary/aromatic N) is 2. The topological polar surface area (TPSA) is 53.6 Å². The Morgan fingerprint density at radius 1 is 1.50 bits per heavy atom. The van der Waals surface area contributed by atoms with Gasteiger partial charge in [-0.05, 0) is 28.1 Å². The number of rotatable bonds is 3. The summed E-state index contributed by atoms with van der Waals surface area (Å²) in [7, 11) is 0. The Balaban J connectivity index is 2.02. The lowest BCUT2D eigenvalue weighted by molar-refractivity contribution is 1.03. The van der Waals surface area contributed by atoms with Gasteiger partial charge in [0.15, 0.2) is 0 Å². The lowest BCUT2D eigenvalue weighted by Crippen LogP contribution is -2.02. The SMILES string of the molecule is Brc1cncnc1NCc1ccc[nH]1. The number of nitrogens with one attached hydrogen (secondary N) is 2. The van der Waals surface area contributed by atoms with Crippen molar-refractivity contribution in [3.8, 4) is 0 Å². The lowest BCUT2D eigenvalue weighted by Gasteiger charge is -2.04. The fourth-order valence-corrected chi connectivity index (χ4v) is 1.46. The molecular weight excluding hydrogens is 244 g/mol. The van der Waals surface area contributed by atoms with Gasteiger partial charge in [0.25, 0.3) is 0 Å². The molecule has 2 heterocycles. The number of H-pyrrole nitrogens is 1. The first kappa shape index (κ1) is 9.21. The van der Waals surface area contributed by atoms with Crippen LogP contribution in [0.15, 0.2) is 35.3 Å². The minimum Gasteiger partial charge on any atom is -0.364 e. The van der Waals surface area contributed by atoms with Gasteiger partial charge in [0.1, 0.15) is 12.1 Å². The summed E-state index contributed by atoms with van der Waals surface area (Å²) >= 11 is 3.36. The quantitative estimate of drug-likeness (QED) is 0.881. The first-order chi connectivity index (χ1) is 6.86. The number of halogens is 1. The van der Waals surface area contributed by atoms with Gasteiger partial charge in [-0.1, -0.05) is 0 Å². The summed E-state index contributed by atoms with van der Waals surface area (Å²) in [5, 5.41) is 3.19. The maximum absolute atomic E-state index is 4.09. The Bertz CT molecular complexity index is 399. The minimum absolute atomic E-state index is 0.725. The van der Waals surface area contributed by atoms with E-state index in [1.165, 1.54) is 6.33 Å². The highest BCUT2D eigenvalue weighted by molar-refractivity contribution is 9.10. The van der Waals surface area contributed by atoms with Crippen molar-refractivity contribution in [2.75, 3.05) is 5.32 Å². The Labute approximate surface area is 89.9 Å². The van der Waals surface area contributed by atoms with Crippen molar-refractivity contribution in [2.24, 2.45) is 0 Å². The van der Waals surface area contributed by atoms with E-state index in [0.29, 0.717) is 0 Å². The average molecular weight is 253 g/mol. The van der Waals surface area contributed by atoms with Crippen LogP contribution in [0, 0.1) is 0 Å². The largest absolute Gasteiger partial charge is 0.364 e. The highest BCUT2D eigenvalue weighted by Gasteiger charge is 1.99. The number of hydrogen-bond acceptors (Lipinski definition) is 3. The van der Waals surface area contributed by atoms with Crippen LogP contribution < -0.4 is 5.32 Å². The molecule has 2 rings (SSSR count). The van der Waals surface area contributed by atoms with E-state index in [0.717, 1.165) is 22.5 Å². The first-order valence-corrected chi connectivity index (χ1v) is 4.97. The molecule has 2 N–H and O–H groups in total. The van der Waals surface area contributed by atoms with Crippen molar-refractivity contribution in [1.82, 2.24) is 15.0 Å². The van der Waals surface area contributed by atoms with Gasteiger partial charge in [0, 0.05) is 18.1 Å². The number of hydrogen-bond donors (Lipinski definition) is 2. The van der Waals surface area contributed by atoms with Gasteiger partial charge >= 0.3 is 0 Å².